The fraction of sp³-hybridized carbons (Fsp3) is 0.200. The average Bonchev–Trinajstić information content (AvgIpc) is 2.14. The van der Waals surface area contributed by atoms with E-state index in [2.05, 4.69) is 11.3 Å². The van der Waals surface area contributed by atoms with Crippen molar-refractivity contribution in [3.05, 3.63) is 42.5 Å². The van der Waals surface area contributed by atoms with Crippen LogP contribution in [-0.2, 0) is 0 Å². The van der Waals surface area contributed by atoms with Crippen LogP contribution in [0.3, 0.4) is 0 Å². The summed E-state index contributed by atoms with van der Waals surface area (Å²) in [6.07, 6.45) is -3.25. The van der Waals surface area contributed by atoms with E-state index in [1.54, 1.807) is 6.07 Å². The summed E-state index contributed by atoms with van der Waals surface area (Å²) in [4.78, 5) is 0. The van der Waals surface area contributed by atoms with Crippen LogP contribution in [0.5, 0.6) is 5.75 Å². The zero-order valence-corrected chi connectivity index (χ0v) is 7.79. The fourth-order valence-corrected chi connectivity index (χ4v) is 1.06. The van der Waals surface area contributed by atoms with Crippen LogP contribution < -0.4 is 10.5 Å². The van der Waals surface area contributed by atoms with Gasteiger partial charge in [-0.1, -0.05) is 18.2 Å². The lowest BCUT2D eigenvalue weighted by Crippen LogP contribution is -2.17. The van der Waals surface area contributed by atoms with E-state index in [4.69, 9.17) is 5.73 Å². The molecule has 5 heteroatoms. The van der Waals surface area contributed by atoms with Gasteiger partial charge < -0.3 is 10.5 Å². The maximum Gasteiger partial charge on any atom is 0.573 e. The third kappa shape index (κ3) is 3.63. The molecule has 1 aromatic rings. The van der Waals surface area contributed by atoms with Crippen molar-refractivity contribution in [2.24, 2.45) is 5.73 Å². The van der Waals surface area contributed by atoms with Gasteiger partial charge in [-0.15, -0.1) is 19.8 Å². The predicted octanol–water partition coefficient (Wildman–Crippen LogP) is 2.77. The lowest BCUT2D eigenvalue weighted by atomic mass is 10.1. The Balaban J connectivity index is 2.88. The molecule has 15 heavy (non-hydrogen) atoms. The van der Waals surface area contributed by atoms with E-state index in [1.165, 1.54) is 24.3 Å². The first-order chi connectivity index (χ1) is 6.92. The summed E-state index contributed by atoms with van der Waals surface area (Å²) in [5.41, 5.74) is 6.09. The molecule has 82 valence electrons. The Hall–Kier alpha value is -1.49. The third-order valence-corrected chi connectivity index (χ3v) is 1.73. The minimum atomic E-state index is -4.68. The predicted molar refractivity (Wildman–Crippen MR) is 50.3 cm³/mol. The average molecular weight is 217 g/mol. The van der Waals surface area contributed by atoms with E-state index in [9.17, 15) is 13.2 Å². The highest BCUT2D eigenvalue weighted by Crippen LogP contribution is 2.25. The second-order valence-corrected chi connectivity index (χ2v) is 2.88. The maximum absolute atomic E-state index is 11.9. The number of halogens is 3. The monoisotopic (exact) mass is 217 g/mol. The Morgan fingerprint density at radius 3 is 2.60 bits per heavy atom. The number of hydrogen-bond donors (Lipinski definition) is 1. The van der Waals surface area contributed by atoms with Gasteiger partial charge in [-0.25, -0.2) is 0 Å². The number of hydrogen-bond acceptors (Lipinski definition) is 2. The van der Waals surface area contributed by atoms with E-state index in [-0.39, 0.29) is 5.75 Å². The summed E-state index contributed by atoms with van der Waals surface area (Å²) in [5, 5.41) is 0. The van der Waals surface area contributed by atoms with Gasteiger partial charge in [0.2, 0.25) is 0 Å². The Bertz CT molecular complexity index is 349. The first-order valence-corrected chi connectivity index (χ1v) is 4.16. The van der Waals surface area contributed by atoms with Crippen LogP contribution in [0, 0.1) is 0 Å². The van der Waals surface area contributed by atoms with Gasteiger partial charge in [-0.2, -0.15) is 0 Å². The molecule has 0 fully saturated rings. The summed E-state index contributed by atoms with van der Waals surface area (Å²) in [6, 6.07) is 5.00. The molecule has 2 nitrogen and oxygen atoms in total. The molecule has 0 heterocycles. The first kappa shape index (κ1) is 11.6. The number of benzene rings is 1. The Morgan fingerprint density at radius 1 is 1.40 bits per heavy atom. The van der Waals surface area contributed by atoms with Gasteiger partial charge in [0.05, 0.1) is 0 Å². The van der Waals surface area contributed by atoms with Crippen molar-refractivity contribution >= 4 is 0 Å². The lowest BCUT2D eigenvalue weighted by Gasteiger charge is -2.11. The van der Waals surface area contributed by atoms with Gasteiger partial charge in [0.25, 0.3) is 0 Å². The minimum absolute atomic E-state index is 0.280. The SMILES string of the molecule is C=CC(N)c1cccc(OC(F)(F)F)c1. The molecule has 1 atom stereocenters. The summed E-state index contributed by atoms with van der Waals surface area (Å²) in [6.45, 7) is 3.45. The Morgan fingerprint density at radius 2 is 2.07 bits per heavy atom. The normalized spacial score (nSPS) is 13.3. The largest absolute Gasteiger partial charge is 0.573 e. The Labute approximate surface area is 85.2 Å². The molecule has 0 saturated heterocycles. The molecule has 2 N–H and O–H groups in total. The van der Waals surface area contributed by atoms with Crippen molar-refractivity contribution in [1.29, 1.82) is 0 Å². The van der Waals surface area contributed by atoms with Crippen LogP contribution in [0.4, 0.5) is 13.2 Å². The zero-order chi connectivity index (χ0) is 11.5. The van der Waals surface area contributed by atoms with Gasteiger partial charge in [0.15, 0.2) is 0 Å². The van der Waals surface area contributed by atoms with Crippen LogP contribution in [0.2, 0.25) is 0 Å². The molecule has 0 aliphatic heterocycles. The highest BCUT2D eigenvalue weighted by atomic mass is 19.4. The second kappa shape index (κ2) is 4.35. The summed E-state index contributed by atoms with van der Waals surface area (Å²) in [5.74, 6) is -0.280. The van der Waals surface area contributed by atoms with E-state index >= 15 is 0 Å². The van der Waals surface area contributed by atoms with Gasteiger partial charge >= 0.3 is 6.36 Å². The van der Waals surface area contributed by atoms with Crippen LogP contribution in [0.15, 0.2) is 36.9 Å². The molecule has 1 aromatic carbocycles. The fourth-order valence-electron chi connectivity index (χ4n) is 1.06. The third-order valence-electron chi connectivity index (χ3n) is 1.73. The van der Waals surface area contributed by atoms with Crippen molar-refractivity contribution < 1.29 is 17.9 Å². The van der Waals surface area contributed by atoms with E-state index < -0.39 is 12.4 Å². The molecule has 0 amide bonds. The standard InChI is InChI=1S/C10H10F3NO/c1-2-9(14)7-4-3-5-8(6-7)15-10(11,12)13/h2-6,9H,1,14H2. The second-order valence-electron chi connectivity index (χ2n) is 2.88. The van der Waals surface area contributed by atoms with Crippen molar-refractivity contribution in [2.75, 3.05) is 0 Å². The van der Waals surface area contributed by atoms with Crippen molar-refractivity contribution in [2.45, 2.75) is 12.4 Å². The number of nitrogens with two attached hydrogens (primary N) is 1. The molecular weight excluding hydrogens is 207 g/mol. The smallest absolute Gasteiger partial charge is 0.406 e. The van der Waals surface area contributed by atoms with Crippen molar-refractivity contribution in [3.8, 4) is 5.75 Å². The van der Waals surface area contributed by atoms with Gasteiger partial charge in [0, 0.05) is 6.04 Å². The van der Waals surface area contributed by atoms with Gasteiger partial charge in [-0.05, 0) is 17.7 Å². The molecule has 0 aromatic heterocycles. The first-order valence-electron chi connectivity index (χ1n) is 4.16. The van der Waals surface area contributed by atoms with E-state index in [0.717, 1.165) is 0 Å². The van der Waals surface area contributed by atoms with E-state index in [0.29, 0.717) is 5.56 Å². The van der Waals surface area contributed by atoms with Crippen molar-refractivity contribution in [1.82, 2.24) is 0 Å². The highest BCUT2D eigenvalue weighted by molar-refractivity contribution is 5.32. The molecule has 0 saturated carbocycles. The maximum atomic E-state index is 11.9. The van der Waals surface area contributed by atoms with E-state index in [1.807, 2.05) is 0 Å². The van der Waals surface area contributed by atoms with Gasteiger partial charge in [0.1, 0.15) is 5.75 Å². The van der Waals surface area contributed by atoms with Crippen LogP contribution in [-0.4, -0.2) is 6.36 Å². The minimum Gasteiger partial charge on any atom is -0.406 e. The molecule has 0 radical (unpaired) electrons. The Kier molecular flexibility index (Phi) is 3.36. The highest BCUT2D eigenvalue weighted by Gasteiger charge is 2.31. The topological polar surface area (TPSA) is 35.2 Å². The molecule has 1 unspecified atom stereocenters. The lowest BCUT2D eigenvalue weighted by molar-refractivity contribution is -0.274. The number of alkyl halides is 3. The van der Waals surface area contributed by atoms with Crippen LogP contribution >= 0.6 is 0 Å². The summed E-state index contributed by atoms with van der Waals surface area (Å²) >= 11 is 0. The molecule has 1 rings (SSSR count). The summed E-state index contributed by atoms with van der Waals surface area (Å²) < 4.78 is 39.4. The van der Waals surface area contributed by atoms with Crippen molar-refractivity contribution in [3.63, 3.8) is 0 Å². The van der Waals surface area contributed by atoms with Crippen LogP contribution in [0.1, 0.15) is 11.6 Å². The quantitative estimate of drug-likeness (QED) is 0.790. The molecule has 0 bridgehead atoms. The molecule has 0 aliphatic carbocycles. The van der Waals surface area contributed by atoms with Crippen LogP contribution in [0.25, 0.3) is 0 Å². The zero-order valence-electron chi connectivity index (χ0n) is 7.79. The molecular formula is C10H10F3NO. The molecule has 0 spiro atoms. The molecule has 0 aliphatic rings. The number of rotatable bonds is 3. The summed E-state index contributed by atoms with van der Waals surface area (Å²) in [7, 11) is 0. The number of ether oxygens (including phenoxy) is 1. The van der Waals surface area contributed by atoms with Gasteiger partial charge in [-0.3, -0.25) is 0 Å².